The number of hydrogen-bond acceptors (Lipinski definition) is 7. The molecule has 0 N–H and O–H groups in total. The molecule has 0 bridgehead atoms. The average Bonchev–Trinajstić information content (AvgIpc) is 4.01. The van der Waals surface area contributed by atoms with Gasteiger partial charge >= 0.3 is 0 Å². The summed E-state index contributed by atoms with van der Waals surface area (Å²) in [6.07, 6.45) is 2.00. The lowest BCUT2D eigenvalue weighted by Crippen LogP contribution is -2.19. The lowest BCUT2D eigenvalue weighted by atomic mass is 9.81. The van der Waals surface area contributed by atoms with Gasteiger partial charge in [-0.25, -0.2) is 0 Å². The summed E-state index contributed by atoms with van der Waals surface area (Å²) in [5.74, 6) is 4.73. The summed E-state index contributed by atoms with van der Waals surface area (Å²) in [5.41, 5.74) is 12.9. The molecule has 0 unspecified atom stereocenters. The van der Waals surface area contributed by atoms with Crippen molar-refractivity contribution in [2.45, 2.75) is 282 Å². The Kier molecular flexibility index (Phi) is 26.2. The SMILES string of the molecule is CC(C)(C)c1ccc(C(C)(C)C)nc1.CC(C)(C)c1cccc(C(C)(C)C)c1.CC(C)(C)c1cccc(C(C)(C)C)n1.CC(C)c1cc(C(C)C)on1.CC(C)c1ccc(C(C)(C)C)cc1.CC(C)c1noc(C(C)C)n1. The summed E-state index contributed by atoms with van der Waals surface area (Å²) in [6.45, 7) is 67.7. The van der Waals surface area contributed by atoms with Crippen LogP contribution >= 0.6 is 0 Å². The van der Waals surface area contributed by atoms with Crippen LogP contribution in [0.15, 0.2) is 100 Å². The Balaban J connectivity index is 0.000000463. The normalized spacial score (nSPS) is 12.4. The van der Waals surface area contributed by atoms with Crippen molar-refractivity contribution in [2.75, 3.05) is 0 Å². The minimum Gasteiger partial charge on any atom is -0.361 e. The summed E-state index contributed by atoms with van der Waals surface area (Å²) in [6, 6.07) is 30.6. The molecule has 4 heterocycles. The maximum atomic E-state index is 5.14. The minimum absolute atomic E-state index is 0.140. The van der Waals surface area contributed by atoms with Gasteiger partial charge in [0.15, 0.2) is 5.82 Å². The van der Waals surface area contributed by atoms with Crippen LogP contribution in [0.5, 0.6) is 0 Å². The third kappa shape index (κ3) is 25.6. The van der Waals surface area contributed by atoms with Crippen LogP contribution in [-0.2, 0) is 37.9 Å². The first-order chi connectivity index (χ1) is 34.8. The molecule has 4 aromatic heterocycles. The molecule has 0 saturated carbocycles. The predicted octanol–water partition coefficient (Wildman–Crippen LogP) is 21.0. The van der Waals surface area contributed by atoms with Crippen molar-refractivity contribution in [1.82, 2.24) is 25.3 Å². The molecule has 2 aromatic carbocycles. The second kappa shape index (κ2) is 28.8. The van der Waals surface area contributed by atoms with Crippen molar-refractivity contribution in [3.05, 3.63) is 159 Å². The first-order valence-electron chi connectivity index (χ1n) is 28.7. The fraction of sp³-hybridized carbons (Fsp3) is 0.614. The van der Waals surface area contributed by atoms with E-state index in [1.165, 1.54) is 39.2 Å². The fourth-order valence-electron chi connectivity index (χ4n) is 6.94. The Morgan fingerprint density at radius 1 is 0.338 bits per heavy atom. The van der Waals surface area contributed by atoms with Gasteiger partial charge in [0.05, 0.1) is 5.69 Å². The molecule has 77 heavy (non-hydrogen) atoms. The molecular formula is C70H113N5O2. The van der Waals surface area contributed by atoms with Gasteiger partial charge in [-0.15, -0.1) is 0 Å². The van der Waals surface area contributed by atoms with E-state index in [2.05, 4.69) is 300 Å². The highest BCUT2D eigenvalue weighted by molar-refractivity contribution is 5.33. The minimum atomic E-state index is 0.140. The van der Waals surface area contributed by atoms with Gasteiger partial charge in [0.2, 0.25) is 5.89 Å². The lowest BCUT2D eigenvalue weighted by molar-refractivity contribution is 0.359. The number of rotatable bonds is 5. The Bertz CT molecular complexity index is 2320. The molecule has 7 heteroatoms. The van der Waals surface area contributed by atoms with Gasteiger partial charge in [-0.05, 0) is 79.5 Å². The Hall–Kier alpha value is -4.91. The molecule has 0 radical (unpaired) electrons. The van der Waals surface area contributed by atoms with Gasteiger partial charge in [-0.1, -0.05) is 286 Å². The highest BCUT2D eigenvalue weighted by Gasteiger charge is 2.22. The number of aromatic nitrogens is 5. The van der Waals surface area contributed by atoms with E-state index in [4.69, 9.17) is 14.0 Å². The summed E-state index contributed by atoms with van der Waals surface area (Å²) < 4.78 is 10.2. The van der Waals surface area contributed by atoms with Crippen LogP contribution in [0.3, 0.4) is 0 Å². The highest BCUT2D eigenvalue weighted by Crippen LogP contribution is 2.30. The van der Waals surface area contributed by atoms with Gasteiger partial charge in [0.25, 0.3) is 0 Å². The summed E-state index contributed by atoms with van der Waals surface area (Å²) >= 11 is 0. The number of pyridine rings is 2. The van der Waals surface area contributed by atoms with Crippen LogP contribution in [0.4, 0.5) is 0 Å². The summed E-state index contributed by atoms with van der Waals surface area (Å²) in [5, 5.41) is 7.81. The molecule has 0 spiro atoms. The maximum Gasteiger partial charge on any atom is 0.229 e. The molecule has 0 atom stereocenters. The first kappa shape index (κ1) is 70.1. The number of hydrogen-bond donors (Lipinski definition) is 0. The van der Waals surface area contributed by atoms with Gasteiger partial charge in [0.1, 0.15) is 5.76 Å². The second-order valence-corrected chi connectivity index (χ2v) is 29.7. The van der Waals surface area contributed by atoms with Crippen LogP contribution in [0, 0.1) is 0 Å². The Morgan fingerprint density at radius 2 is 0.766 bits per heavy atom. The topological polar surface area (TPSA) is 90.7 Å². The Morgan fingerprint density at radius 3 is 1.05 bits per heavy atom. The molecular weight excluding hydrogens is 943 g/mol. The van der Waals surface area contributed by atoms with E-state index in [0.29, 0.717) is 29.6 Å². The van der Waals surface area contributed by atoms with Gasteiger partial charge in [0, 0.05) is 63.3 Å². The van der Waals surface area contributed by atoms with Crippen LogP contribution in [0.2, 0.25) is 0 Å². The molecule has 0 aliphatic carbocycles. The van der Waals surface area contributed by atoms with Crippen molar-refractivity contribution in [2.24, 2.45) is 0 Å². The standard InChI is InChI=1S/C14H22.2C13H21N.C13H20.C9H15NO.C8H14N2O/c1-13(2,3)11-8-7-9-12(10-11)14(4,5)6;1-12(2,3)10-7-8-11(14-9-10)13(4,5)6;1-12(2,3)10-8-7-9-11(14-10)13(4,5)6;1-10(2)11-6-8-12(9-7-11)13(3,4)5;1-6(2)8-5-9(7(3)4)11-10-8;1-5(2)7-9-8(6(3)4)11-10-7/h7-10H,1-6H3;2*7-9H,1-6H3;6-10H,1-5H3;5-7H,1-4H3;5-6H,1-4H3. The molecule has 7 nitrogen and oxygen atoms in total. The highest BCUT2D eigenvalue weighted by atomic mass is 16.5. The van der Waals surface area contributed by atoms with Crippen LogP contribution < -0.4 is 0 Å². The zero-order valence-electron chi connectivity index (χ0n) is 55.1. The van der Waals surface area contributed by atoms with E-state index in [1.54, 1.807) is 0 Å². The van der Waals surface area contributed by atoms with Crippen molar-refractivity contribution in [3.63, 3.8) is 0 Å². The van der Waals surface area contributed by atoms with E-state index in [-0.39, 0.29) is 37.9 Å². The zero-order valence-corrected chi connectivity index (χ0v) is 55.1. The molecule has 0 fully saturated rings. The summed E-state index contributed by atoms with van der Waals surface area (Å²) in [7, 11) is 0. The lowest BCUT2D eigenvalue weighted by Gasteiger charge is -2.24. The van der Waals surface area contributed by atoms with E-state index in [1.807, 2.05) is 26.1 Å². The van der Waals surface area contributed by atoms with Crippen molar-refractivity contribution < 1.29 is 9.05 Å². The smallest absolute Gasteiger partial charge is 0.229 e. The fourth-order valence-corrected chi connectivity index (χ4v) is 6.94. The number of benzene rings is 2. The van der Waals surface area contributed by atoms with Crippen molar-refractivity contribution in [1.29, 1.82) is 0 Å². The Labute approximate surface area is 473 Å². The molecule has 0 amide bonds. The van der Waals surface area contributed by atoms with E-state index in [0.717, 1.165) is 28.9 Å². The van der Waals surface area contributed by atoms with Gasteiger partial charge < -0.3 is 9.05 Å². The van der Waals surface area contributed by atoms with Crippen LogP contribution in [-0.4, -0.2) is 25.3 Å². The first-order valence-corrected chi connectivity index (χ1v) is 28.7. The monoisotopic (exact) mass is 1060 g/mol. The predicted molar refractivity (Wildman–Crippen MR) is 334 cm³/mol. The van der Waals surface area contributed by atoms with Crippen LogP contribution in [0.1, 0.15) is 312 Å². The molecule has 430 valence electrons. The van der Waals surface area contributed by atoms with E-state index >= 15 is 0 Å². The third-order valence-electron chi connectivity index (χ3n) is 12.9. The zero-order chi connectivity index (χ0) is 59.9. The van der Waals surface area contributed by atoms with Gasteiger partial charge in [-0.3, -0.25) is 9.97 Å². The molecule has 6 aromatic rings. The quantitative estimate of drug-likeness (QED) is 0.170. The van der Waals surface area contributed by atoms with Gasteiger partial charge in [-0.2, -0.15) is 4.98 Å². The maximum absolute atomic E-state index is 5.14. The van der Waals surface area contributed by atoms with Crippen molar-refractivity contribution in [3.8, 4) is 0 Å². The molecule has 0 saturated heterocycles. The van der Waals surface area contributed by atoms with Crippen molar-refractivity contribution >= 4 is 0 Å². The van der Waals surface area contributed by atoms with Crippen LogP contribution in [0.25, 0.3) is 0 Å². The number of nitrogens with zero attached hydrogens (tertiary/aromatic N) is 5. The van der Waals surface area contributed by atoms with E-state index in [9.17, 15) is 0 Å². The molecule has 0 aliphatic heterocycles. The summed E-state index contributed by atoms with van der Waals surface area (Å²) in [4.78, 5) is 13.5. The third-order valence-corrected chi connectivity index (χ3v) is 12.9. The average molecular weight is 1060 g/mol. The second-order valence-electron chi connectivity index (χ2n) is 29.7. The molecule has 0 aliphatic rings. The molecule has 6 rings (SSSR count). The van der Waals surface area contributed by atoms with E-state index < -0.39 is 0 Å². The largest absolute Gasteiger partial charge is 0.361 e.